The number of pyridine rings is 1. The van der Waals surface area contributed by atoms with Gasteiger partial charge in [-0.15, -0.1) is 0 Å². The van der Waals surface area contributed by atoms with Crippen LogP contribution in [0.25, 0.3) is 22.3 Å². The minimum atomic E-state index is 1.15. The molecule has 0 aliphatic carbocycles. The molecule has 0 aliphatic heterocycles. The number of fused-ring (bicyclic) bond motifs is 1. The van der Waals surface area contributed by atoms with Crippen molar-refractivity contribution in [2.75, 3.05) is 0 Å². The Kier molecular flexibility index (Phi) is 2.00. The highest BCUT2D eigenvalue weighted by atomic mass is 15.0. The van der Waals surface area contributed by atoms with Gasteiger partial charge < -0.3 is 4.98 Å². The van der Waals surface area contributed by atoms with E-state index < -0.39 is 0 Å². The van der Waals surface area contributed by atoms with Crippen LogP contribution < -0.4 is 4.57 Å². The summed E-state index contributed by atoms with van der Waals surface area (Å²) in [6, 6.07) is 16.8. The molecule has 2 heterocycles. The van der Waals surface area contributed by atoms with E-state index in [0.717, 1.165) is 5.69 Å². The van der Waals surface area contributed by atoms with Crippen molar-refractivity contribution in [2.45, 2.75) is 0 Å². The molecule has 0 radical (unpaired) electrons. The summed E-state index contributed by atoms with van der Waals surface area (Å²) in [5.41, 5.74) is 3.59. The lowest BCUT2D eigenvalue weighted by atomic mass is 10.1. The van der Waals surface area contributed by atoms with Crippen molar-refractivity contribution in [1.82, 2.24) is 4.98 Å². The lowest BCUT2D eigenvalue weighted by Gasteiger charge is -2.01. The van der Waals surface area contributed by atoms with E-state index in [4.69, 9.17) is 0 Å². The van der Waals surface area contributed by atoms with Gasteiger partial charge in [0.15, 0.2) is 0 Å². The predicted octanol–water partition coefficient (Wildman–Crippen LogP) is 2.66. The second kappa shape index (κ2) is 3.49. The highest BCUT2D eigenvalue weighted by Crippen LogP contribution is 2.16. The van der Waals surface area contributed by atoms with E-state index in [9.17, 15) is 0 Å². The number of benzene rings is 1. The van der Waals surface area contributed by atoms with Gasteiger partial charge >= 0.3 is 0 Å². The number of para-hydroxylation sites is 1. The first-order chi connectivity index (χ1) is 7.86. The third-order valence-electron chi connectivity index (χ3n) is 2.95. The molecule has 78 valence electrons. The van der Waals surface area contributed by atoms with E-state index in [2.05, 4.69) is 59.1 Å². The van der Waals surface area contributed by atoms with Gasteiger partial charge in [-0.1, -0.05) is 12.1 Å². The number of H-pyrrole nitrogens is 1. The van der Waals surface area contributed by atoms with E-state index in [1.54, 1.807) is 0 Å². The van der Waals surface area contributed by atoms with E-state index in [1.165, 1.54) is 16.6 Å². The molecule has 2 aromatic heterocycles. The maximum Gasteiger partial charge on any atom is 0.229 e. The van der Waals surface area contributed by atoms with Crippen LogP contribution in [-0.4, -0.2) is 4.98 Å². The third kappa shape index (κ3) is 1.31. The zero-order valence-corrected chi connectivity index (χ0v) is 9.14. The van der Waals surface area contributed by atoms with Crippen molar-refractivity contribution < 1.29 is 4.57 Å². The molecule has 0 aliphatic rings. The highest BCUT2D eigenvalue weighted by molar-refractivity contribution is 5.77. The summed E-state index contributed by atoms with van der Waals surface area (Å²) in [5, 5.41) is 1.26. The molecule has 2 nitrogen and oxygen atoms in total. The maximum absolute atomic E-state index is 3.24. The van der Waals surface area contributed by atoms with Gasteiger partial charge in [0.1, 0.15) is 12.7 Å². The maximum atomic E-state index is 3.24. The van der Waals surface area contributed by atoms with Crippen LogP contribution in [0.5, 0.6) is 0 Å². The van der Waals surface area contributed by atoms with E-state index in [0.29, 0.717) is 0 Å². The van der Waals surface area contributed by atoms with Crippen molar-refractivity contribution in [2.24, 2.45) is 7.05 Å². The molecule has 16 heavy (non-hydrogen) atoms. The number of aromatic nitrogens is 2. The van der Waals surface area contributed by atoms with Crippen molar-refractivity contribution in [1.29, 1.82) is 0 Å². The van der Waals surface area contributed by atoms with Crippen LogP contribution in [0.3, 0.4) is 0 Å². The van der Waals surface area contributed by atoms with Crippen LogP contribution in [0.2, 0.25) is 0 Å². The molecular weight excluding hydrogens is 196 g/mol. The summed E-state index contributed by atoms with van der Waals surface area (Å²) in [6.45, 7) is 0. The van der Waals surface area contributed by atoms with Gasteiger partial charge in [-0.05, 0) is 24.3 Å². The van der Waals surface area contributed by atoms with Gasteiger partial charge in [-0.2, -0.15) is 4.57 Å². The molecule has 0 fully saturated rings. The molecule has 0 unspecified atom stereocenters. The molecule has 0 atom stereocenters. The number of aryl methyl sites for hydroxylation is 1. The van der Waals surface area contributed by atoms with Crippen LogP contribution in [0.15, 0.2) is 54.7 Å². The van der Waals surface area contributed by atoms with Gasteiger partial charge in [0.05, 0.1) is 0 Å². The lowest BCUT2D eigenvalue weighted by Crippen LogP contribution is -2.31. The second-order valence-corrected chi connectivity index (χ2v) is 3.92. The Morgan fingerprint density at radius 1 is 0.938 bits per heavy atom. The van der Waals surface area contributed by atoms with Crippen LogP contribution in [0.1, 0.15) is 0 Å². The second-order valence-electron chi connectivity index (χ2n) is 3.92. The molecular formula is C14H13N2+. The fourth-order valence-corrected chi connectivity index (χ4v) is 2.10. The predicted molar refractivity (Wildman–Crippen MR) is 64.9 cm³/mol. The summed E-state index contributed by atoms with van der Waals surface area (Å²) in [6.07, 6.45) is 1.95. The third-order valence-corrected chi connectivity index (χ3v) is 2.95. The Morgan fingerprint density at radius 3 is 2.62 bits per heavy atom. The first-order valence-corrected chi connectivity index (χ1v) is 5.38. The molecule has 0 bridgehead atoms. The zero-order valence-electron chi connectivity index (χ0n) is 9.14. The number of aromatic amines is 1. The Morgan fingerprint density at radius 2 is 1.81 bits per heavy atom. The van der Waals surface area contributed by atoms with Crippen molar-refractivity contribution in [3.8, 4) is 11.4 Å². The first-order valence-electron chi connectivity index (χ1n) is 5.38. The van der Waals surface area contributed by atoms with Crippen LogP contribution >= 0.6 is 0 Å². The molecule has 2 heteroatoms. The van der Waals surface area contributed by atoms with Crippen molar-refractivity contribution in [3.05, 3.63) is 54.7 Å². The topological polar surface area (TPSA) is 19.7 Å². The van der Waals surface area contributed by atoms with Crippen molar-refractivity contribution >= 4 is 10.9 Å². The van der Waals surface area contributed by atoms with Gasteiger partial charge in [0.2, 0.25) is 11.2 Å². The fourth-order valence-electron chi connectivity index (χ4n) is 2.10. The molecule has 0 amide bonds. The number of hydrogen-bond donors (Lipinski definition) is 1. The summed E-state index contributed by atoms with van der Waals surface area (Å²) in [4.78, 5) is 3.24. The Hall–Kier alpha value is -2.09. The van der Waals surface area contributed by atoms with Gasteiger partial charge in [0.25, 0.3) is 0 Å². The SMILES string of the molecule is C[n+]1c(-c2ccc[nH]2)ccc2ccccc21. The van der Waals surface area contributed by atoms with E-state index in [-0.39, 0.29) is 0 Å². The Labute approximate surface area is 94.2 Å². The number of hydrogen-bond acceptors (Lipinski definition) is 0. The Balaban J connectivity index is 2.32. The molecule has 0 spiro atoms. The standard InChI is InChI=1S/C14H12N2/c1-16-13-7-3-2-5-11(13)8-9-14(16)12-6-4-10-15-12/h2-10H,1H3/p+1. The van der Waals surface area contributed by atoms with Crippen LogP contribution in [-0.2, 0) is 7.05 Å². The van der Waals surface area contributed by atoms with E-state index in [1.807, 2.05) is 12.3 Å². The van der Waals surface area contributed by atoms with Crippen LogP contribution in [0.4, 0.5) is 0 Å². The van der Waals surface area contributed by atoms with Gasteiger partial charge in [-0.25, -0.2) is 0 Å². The number of nitrogens with one attached hydrogen (secondary N) is 1. The normalized spacial score (nSPS) is 10.8. The number of rotatable bonds is 1. The highest BCUT2D eigenvalue weighted by Gasteiger charge is 2.13. The van der Waals surface area contributed by atoms with Crippen molar-refractivity contribution in [3.63, 3.8) is 0 Å². The largest absolute Gasteiger partial charge is 0.356 e. The molecule has 0 saturated heterocycles. The molecule has 3 rings (SSSR count). The van der Waals surface area contributed by atoms with Gasteiger partial charge in [0, 0.05) is 23.7 Å². The average Bonchev–Trinajstić information content (AvgIpc) is 2.83. The summed E-state index contributed by atoms with van der Waals surface area (Å²) < 4.78 is 2.21. The summed E-state index contributed by atoms with van der Waals surface area (Å²) in [7, 11) is 2.10. The molecule has 1 N–H and O–H groups in total. The minimum Gasteiger partial charge on any atom is -0.356 e. The van der Waals surface area contributed by atoms with E-state index >= 15 is 0 Å². The summed E-state index contributed by atoms with van der Waals surface area (Å²) >= 11 is 0. The smallest absolute Gasteiger partial charge is 0.229 e. The quantitative estimate of drug-likeness (QED) is 0.594. The zero-order chi connectivity index (χ0) is 11.0. The Bertz CT molecular complexity index is 624. The molecule has 1 aromatic carbocycles. The minimum absolute atomic E-state index is 1.15. The van der Waals surface area contributed by atoms with Crippen LogP contribution in [0, 0.1) is 0 Å². The fraction of sp³-hybridized carbons (Fsp3) is 0.0714. The lowest BCUT2D eigenvalue weighted by molar-refractivity contribution is -0.633. The number of nitrogens with zero attached hydrogens (tertiary/aromatic N) is 1. The summed E-state index contributed by atoms with van der Waals surface area (Å²) in [5.74, 6) is 0. The average molecular weight is 209 g/mol. The van der Waals surface area contributed by atoms with Gasteiger partial charge in [-0.3, -0.25) is 0 Å². The first kappa shape index (κ1) is 9.16. The molecule has 0 saturated carbocycles. The monoisotopic (exact) mass is 209 g/mol. The molecule has 3 aromatic rings.